The van der Waals surface area contributed by atoms with Crippen LogP contribution in [0.2, 0.25) is 18.1 Å². The number of carbonyl (C=O) groups is 1. The van der Waals surface area contributed by atoms with Crippen molar-refractivity contribution in [2.45, 2.75) is 45.3 Å². The van der Waals surface area contributed by atoms with Crippen LogP contribution < -0.4 is 4.74 Å². The van der Waals surface area contributed by atoms with E-state index in [-0.39, 0.29) is 11.8 Å². The molecule has 0 fully saturated rings. The van der Waals surface area contributed by atoms with Crippen molar-refractivity contribution in [1.29, 1.82) is 0 Å². The maximum absolute atomic E-state index is 11.2. The SMILES string of the molecule is COCOc1ccc(CCO[Si](C)(C)C(C)(C)C)cc1C=O. The average molecular weight is 324 g/mol. The van der Waals surface area contributed by atoms with Gasteiger partial charge in [0.1, 0.15) is 5.75 Å². The quantitative estimate of drug-likeness (QED) is 0.411. The molecule has 0 radical (unpaired) electrons. The Morgan fingerprint density at radius 1 is 1.23 bits per heavy atom. The molecule has 1 aromatic rings. The van der Waals surface area contributed by atoms with E-state index >= 15 is 0 Å². The van der Waals surface area contributed by atoms with Crippen LogP contribution in [0.1, 0.15) is 36.7 Å². The highest BCUT2D eigenvalue weighted by Gasteiger charge is 2.36. The molecule has 124 valence electrons. The number of hydrogen-bond donors (Lipinski definition) is 0. The Kier molecular flexibility index (Phi) is 6.78. The van der Waals surface area contributed by atoms with Crippen LogP contribution in [0.3, 0.4) is 0 Å². The van der Waals surface area contributed by atoms with E-state index in [1.165, 1.54) is 0 Å². The van der Waals surface area contributed by atoms with E-state index in [4.69, 9.17) is 13.9 Å². The van der Waals surface area contributed by atoms with E-state index in [9.17, 15) is 4.79 Å². The molecule has 0 saturated heterocycles. The van der Waals surface area contributed by atoms with E-state index in [1.807, 2.05) is 18.2 Å². The second-order valence-electron chi connectivity index (χ2n) is 6.90. The zero-order valence-corrected chi connectivity index (χ0v) is 15.6. The predicted octanol–water partition coefficient (Wildman–Crippen LogP) is 4.05. The van der Waals surface area contributed by atoms with Crippen molar-refractivity contribution in [2.75, 3.05) is 20.5 Å². The van der Waals surface area contributed by atoms with Gasteiger partial charge >= 0.3 is 0 Å². The Labute approximate surface area is 134 Å². The minimum Gasteiger partial charge on any atom is -0.467 e. The molecule has 5 heteroatoms. The van der Waals surface area contributed by atoms with Gasteiger partial charge in [-0.15, -0.1) is 0 Å². The van der Waals surface area contributed by atoms with Crippen molar-refractivity contribution in [3.8, 4) is 5.75 Å². The average Bonchev–Trinajstić information content (AvgIpc) is 2.44. The van der Waals surface area contributed by atoms with E-state index in [0.717, 1.165) is 18.3 Å². The Morgan fingerprint density at radius 2 is 1.91 bits per heavy atom. The molecule has 1 aromatic carbocycles. The molecule has 0 heterocycles. The topological polar surface area (TPSA) is 44.8 Å². The lowest BCUT2D eigenvalue weighted by atomic mass is 10.1. The molecule has 0 saturated carbocycles. The molecule has 0 spiro atoms. The van der Waals surface area contributed by atoms with Gasteiger partial charge in [0.15, 0.2) is 21.4 Å². The predicted molar refractivity (Wildman–Crippen MR) is 91.2 cm³/mol. The second-order valence-corrected chi connectivity index (χ2v) is 11.7. The third-order valence-electron chi connectivity index (χ3n) is 4.19. The number of rotatable bonds is 8. The molecule has 1 rings (SSSR count). The molecular formula is C17H28O4Si. The van der Waals surface area contributed by atoms with E-state index in [2.05, 4.69) is 33.9 Å². The van der Waals surface area contributed by atoms with Gasteiger partial charge in [0, 0.05) is 13.7 Å². The summed E-state index contributed by atoms with van der Waals surface area (Å²) >= 11 is 0. The van der Waals surface area contributed by atoms with Crippen LogP contribution in [0.15, 0.2) is 18.2 Å². The van der Waals surface area contributed by atoms with Crippen LogP contribution in [0.25, 0.3) is 0 Å². The normalized spacial score (nSPS) is 12.3. The number of ether oxygens (including phenoxy) is 2. The Bertz CT molecular complexity index is 492. The van der Waals surface area contributed by atoms with Gasteiger partial charge in [-0.3, -0.25) is 4.79 Å². The van der Waals surface area contributed by atoms with E-state index < -0.39 is 8.32 Å². The molecular weight excluding hydrogens is 296 g/mol. The molecule has 22 heavy (non-hydrogen) atoms. The lowest BCUT2D eigenvalue weighted by Gasteiger charge is -2.36. The standard InChI is InChI=1S/C17H28O4Si/c1-17(2,3)22(5,6)21-10-9-14-7-8-16(20-13-19-4)15(11-14)12-18/h7-8,11-12H,9-10,13H2,1-6H3. The highest BCUT2D eigenvalue weighted by molar-refractivity contribution is 6.74. The Hall–Kier alpha value is -1.17. The number of benzene rings is 1. The molecule has 0 atom stereocenters. The van der Waals surface area contributed by atoms with Crippen molar-refractivity contribution in [1.82, 2.24) is 0 Å². The zero-order valence-electron chi connectivity index (χ0n) is 14.6. The van der Waals surface area contributed by atoms with Gasteiger partial charge in [-0.25, -0.2) is 0 Å². The molecule has 0 aliphatic heterocycles. The zero-order chi connectivity index (χ0) is 16.8. The Morgan fingerprint density at radius 3 is 2.45 bits per heavy atom. The first-order valence-electron chi connectivity index (χ1n) is 7.55. The first-order valence-corrected chi connectivity index (χ1v) is 10.5. The van der Waals surface area contributed by atoms with Crippen molar-refractivity contribution in [2.24, 2.45) is 0 Å². The Balaban J connectivity index is 2.66. The number of carbonyl (C=O) groups excluding carboxylic acids is 1. The summed E-state index contributed by atoms with van der Waals surface area (Å²) in [5.74, 6) is 0.547. The third-order valence-corrected chi connectivity index (χ3v) is 8.73. The minimum atomic E-state index is -1.72. The molecule has 0 aliphatic rings. The molecule has 0 amide bonds. The van der Waals surface area contributed by atoms with Crippen molar-refractivity contribution in [3.63, 3.8) is 0 Å². The molecule has 0 unspecified atom stereocenters. The summed E-state index contributed by atoms with van der Waals surface area (Å²) in [7, 11) is -0.171. The molecule has 4 nitrogen and oxygen atoms in total. The molecule has 0 N–H and O–H groups in total. The summed E-state index contributed by atoms with van der Waals surface area (Å²) in [6, 6.07) is 5.63. The minimum absolute atomic E-state index is 0.134. The summed E-state index contributed by atoms with van der Waals surface area (Å²) < 4.78 is 16.4. The monoisotopic (exact) mass is 324 g/mol. The molecule has 0 bridgehead atoms. The van der Waals surface area contributed by atoms with Crippen molar-refractivity contribution >= 4 is 14.6 Å². The maximum atomic E-state index is 11.2. The highest BCUT2D eigenvalue weighted by Crippen LogP contribution is 2.36. The number of aldehydes is 1. The number of hydrogen-bond acceptors (Lipinski definition) is 4. The van der Waals surface area contributed by atoms with Gasteiger partial charge in [0.25, 0.3) is 0 Å². The van der Waals surface area contributed by atoms with Gasteiger partial charge < -0.3 is 13.9 Å². The summed E-state index contributed by atoms with van der Waals surface area (Å²) in [5, 5.41) is 0.207. The van der Waals surface area contributed by atoms with Crippen LogP contribution in [0.5, 0.6) is 5.75 Å². The lowest BCUT2D eigenvalue weighted by Crippen LogP contribution is -2.41. The fourth-order valence-corrected chi connectivity index (χ4v) is 2.79. The smallest absolute Gasteiger partial charge is 0.191 e. The van der Waals surface area contributed by atoms with Crippen LogP contribution in [0, 0.1) is 0 Å². The molecule has 0 aromatic heterocycles. The van der Waals surface area contributed by atoms with E-state index in [0.29, 0.717) is 17.9 Å². The lowest BCUT2D eigenvalue weighted by molar-refractivity contribution is 0.0505. The third kappa shape index (κ3) is 5.23. The highest BCUT2D eigenvalue weighted by atomic mass is 28.4. The first-order chi connectivity index (χ1) is 10.2. The van der Waals surface area contributed by atoms with Gasteiger partial charge in [-0.05, 0) is 42.2 Å². The van der Waals surface area contributed by atoms with Crippen LogP contribution in [0.4, 0.5) is 0 Å². The fourth-order valence-electron chi connectivity index (χ4n) is 1.74. The second kappa shape index (κ2) is 7.90. The van der Waals surface area contributed by atoms with Crippen LogP contribution >= 0.6 is 0 Å². The van der Waals surface area contributed by atoms with Crippen molar-refractivity contribution < 1.29 is 18.7 Å². The van der Waals surface area contributed by atoms with Gasteiger partial charge in [0.05, 0.1) is 5.56 Å². The number of methoxy groups -OCH3 is 1. The van der Waals surface area contributed by atoms with Gasteiger partial charge in [-0.1, -0.05) is 26.8 Å². The van der Waals surface area contributed by atoms with Crippen LogP contribution in [-0.2, 0) is 15.6 Å². The summed E-state index contributed by atoms with van der Waals surface area (Å²) in [5.41, 5.74) is 1.62. The maximum Gasteiger partial charge on any atom is 0.191 e. The van der Waals surface area contributed by atoms with Crippen molar-refractivity contribution in [3.05, 3.63) is 29.3 Å². The summed E-state index contributed by atoms with van der Waals surface area (Å²) in [6.45, 7) is 12.0. The fraction of sp³-hybridized carbons (Fsp3) is 0.588. The molecule has 0 aliphatic carbocycles. The summed E-state index contributed by atoms with van der Waals surface area (Å²) in [6.07, 6.45) is 1.60. The van der Waals surface area contributed by atoms with Gasteiger partial charge in [0.2, 0.25) is 0 Å². The summed E-state index contributed by atoms with van der Waals surface area (Å²) in [4.78, 5) is 11.2. The largest absolute Gasteiger partial charge is 0.467 e. The van der Waals surface area contributed by atoms with E-state index in [1.54, 1.807) is 7.11 Å². The van der Waals surface area contributed by atoms with Crippen LogP contribution in [-0.4, -0.2) is 35.1 Å². The van der Waals surface area contributed by atoms with Gasteiger partial charge in [-0.2, -0.15) is 0 Å². The first kappa shape index (κ1) is 18.9.